The Bertz CT molecular complexity index is 184. The molecule has 0 amide bonds. The second-order valence-electron chi connectivity index (χ2n) is 3.15. The molecular weight excluding hydrogens is 191 g/mol. The fourth-order valence-corrected chi connectivity index (χ4v) is 2.19. The van der Waals surface area contributed by atoms with Gasteiger partial charge in [-0.2, -0.15) is 0 Å². The van der Waals surface area contributed by atoms with Gasteiger partial charge in [0.2, 0.25) is 0 Å². The molecular formula is C8H12OSe. The minimum absolute atomic E-state index is 0.0282. The summed E-state index contributed by atoms with van der Waals surface area (Å²) in [6.07, 6.45) is 0. The molecule has 0 saturated carbocycles. The molecule has 0 radical (unpaired) electrons. The van der Waals surface area contributed by atoms with Crippen molar-refractivity contribution in [3.05, 3.63) is 17.1 Å². The van der Waals surface area contributed by atoms with Crippen LogP contribution in [0.15, 0.2) is 17.1 Å². The molecule has 0 aliphatic carbocycles. The van der Waals surface area contributed by atoms with Gasteiger partial charge in [0.25, 0.3) is 0 Å². The van der Waals surface area contributed by atoms with Crippen molar-refractivity contribution in [3.63, 3.8) is 0 Å². The van der Waals surface area contributed by atoms with Crippen molar-refractivity contribution < 1.29 is 4.74 Å². The molecule has 0 fully saturated rings. The topological polar surface area (TPSA) is 9.23 Å². The molecule has 10 heavy (non-hydrogen) atoms. The number of ether oxygens (including phenoxy) is 1. The molecule has 1 heterocycles. The van der Waals surface area contributed by atoms with Gasteiger partial charge >= 0.3 is 67.3 Å². The molecule has 0 N–H and O–H groups in total. The van der Waals surface area contributed by atoms with Gasteiger partial charge < -0.3 is 0 Å². The summed E-state index contributed by atoms with van der Waals surface area (Å²) in [6, 6.07) is 4.10. The zero-order chi connectivity index (χ0) is 7.61. The summed E-state index contributed by atoms with van der Waals surface area (Å²) in [5.41, 5.74) is -0.0282. The van der Waals surface area contributed by atoms with Gasteiger partial charge in [-0.3, -0.25) is 0 Å². The van der Waals surface area contributed by atoms with Crippen molar-refractivity contribution in [2.75, 3.05) is 0 Å². The summed E-state index contributed by atoms with van der Waals surface area (Å²) in [7, 11) is 0. The average Bonchev–Trinajstić information content (AvgIpc) is 2.12. The Hall–Kier alpha value is -0.201. The van der Waals surface area contributed by atoms with E-state index in [9.17, 15) is 0 Å². The standard InChI is InChI=1S/C8H12OSe/c1-8(2,3)9-7-5-4-6-10-7/h4-6H,1-3H3. The van der Waals surface area contributed by atoms with Crippen LogP contribution in [-0.2, 0) is 0 Å². The van der Waals surface area contributed by atoms with E-state index in [2.05, 4.69) is 31.8 Å². The van der Waals surface area contributed by atoms with E-state index < -0.39 is 0 Å². The summed E-state index contributed by atoms with van der Waals surface area (Å²) in [5, 5.41) is 0. The molecule has 0 spiro atoms. The van der Waals surface area contributed by atoms with Crippen molar-refractivity contribution >= 4 is 14.5 Å². The minimum atomic E-state index is -0.0282. The quantitative estimate of drug-likeness (QED) is 0.633. The molecule has 0 aliphatic rings. The summed E-state index contributed by atoms with van der Waals surface area (Å²) < 4.78 is 6.76. The maximum absolute atomic E-state index is 5.62. The van der Waals surface area contributed by atoms with E-state index in [1.807, 2.05) is 6.07 Å². The van der Waals surface area contributed by atoms with Crippen LogP contribution in [0.4, 0.5) is 0 Å². The van der Waals surface area contributed by atoms with Crippen LogP contribution in [-0.4, -0.2) is 20.1 Å². The zero-order valence-electron chi connectivity index (χ0n) is 6.55. The van der Waals surface area contributed by atoms with Crippen molar-refractivity contribution in [2.45, 2.75) is 26.4 Å². The van der Waals surface area contributed by atoms with Crippen LogP contribution in [0.5, 0.6) is 4.62 Å². The Morgan fingerprint density at radius 3 is 2.50 bits per heavy atom. The van der Waals surface area contributed by atoms with Crippen LogP contribution in [0.1, 0.15) is 20.8 Å². The van der Waals surface area contributed by atoms with Crippen LogP contribution >= 0.6 is 0 Å². The second-order valence-corrected chi connectivity index (χ2v) is 5.06. The summed E-state index contributed by atoms with van der Waals surface area (Å²) in [5.74, 6) is 0. The molecule has 0 bridgehead atoms. The first kappa shape index (κ1) is 7.90. The number of rotatable bonds is 1. The Morgan fingerprint density at radius 2 is 2.10 bits per heavy atom. The molecule has 1 aromatic heterocycles. The van der Waals surface area contributed by atoms with E-state index in [0.29, 0.717) is 14.5 Å². The molecule has 0 aromatic carbocycles. The molecule has 0 aliphatic heterocycles. The van der Waals surface area contributed by atoms with E-state index in [-0.39, 0.29) is 5.60 Å². The maximum atomic E-state index is 5.62. The third-order valence-corrected chi connectivity index (χ3v) is 2.46. The SMILES string of the molecule is CC(C)(C)Oc1ccc[se]1. The van der Waals surface area contributed by atoms with E-state index >= 15 is 0 Å². The number of hydrogen-bond donors (Lipinski definition) is 0. The Labute approximate surface area is 67.8 Å². The van der Waals surface area contributed by atoms with E-state index in [1.54, 1.807) is 0 Å². The predicted octanol–water partition coefficient (Wildman–Crippen LogP) is 1.92. The van der Waals surface area contributed by atoms with Crippen molar-refractivity contribution in [1.82, 2.24) is 0 Å². The number of hydrogen-bond acceptors (Lipinski definition) is 1. The molecule has 2 heteroatoms. The second kappa shape index (κ2) is 2.81. The van der Waals surface area contributed by atoms with Gasteiger partial charge in [0.15, 0.2) is 0 Å². The first-order chi connectivity index (χ1) is 4.58. The van der Waals surface area contributed by atoms with Gasteiger partial charge in [0.1, 0.15) is 0 Å². The summed E-state index contributed by atoms with van der Waals surface area (Å²) in [6.45, 7) is 6.22. The van der Waals surface area contributed by atoms with Crippen LogP contribution < -0.4 is 4.74 Å². The third-order valence-electron chi connectivity index (χ3n) is 0.902. The molecule has 1 rings (SSSR count). The molecule has 56 valence electrons. The van der Waals surface area contributed by atoms with Gasteiger partial charge in [-0.1, -0.05) is 0 Å². The fourth-order valence-electron chi connectivity index (χ4n) is 0.623. The molecule has 1 aromatic rings. The van der Waals surface area contributed by atoms with Gasteiger partial charge in [0, 0.05) is 0 Å². The summed E-state index contributed by atoms with van der Waals surface area (Å²) in [4.78, 5) is 2.16. The van der Waals surface area contributed by atoms with Crippen LogP contribution in [0.3, 0.4) is 0 Å². The van der Waals surface area contributed by atoms with Gasteiger partial charge in [-0.05, 0) is 0 Å². The van der Waals surface area contributed by atoms with E-state index in [4.69, 9.17) is 4.74 Å². The first-order valence-corrected chi connectivity index (χ1v) is 5.15. The zero-order valence-corrected chi connectivity index (χ0v) is 8.26. The summed E-state index contributed by atoms with van der Waals surface area (Å²) >= 11 is 0.452. The van der Waals surface area contributed by atoms with E-state index in [1.165, 1.54) is 0 Å². The molecule has 0 atom stereocenters. The Kier molecular flexibility index (Phi) is 2.22. The molecule has 0 saturated heterocycles. The third kappa shape index (κ3) is 2.59. The Morgan fingerprint density at radius 1 is 1.40 bits per heavy atom. The van der Waals surface area contributed by atoms with Crippen molar-refractivity contribution in [3.8, 4) is 4.62 Å². The average molecular weight is 203 g/mol. The predicted molar refractivity (Wildman–Crippen MR) is 43.8 cm³/mol. The van der Waals surface area contributed by atoms with E-state index in [0.717, 1.165) is 4.62 Å². The van der Waals surface area contributed by atoms with Gasteiger partial charge in [-0.25, -0.2) is 0 Å². The van der Waals surface area contributed by atoms with Crippen LogP contribution in [0.25, 0.3) is 0 Å². The van der Waals surface area contributed by atoms with Gasteiger partial charge in [0.05, 0.1) is 0 Å². The van der Waals surface area contributed by atoms with Crippen LogP contribution in [0.2, 0.25) is 0 Å². The molecule has 1 nitrogen and oxygen atoms in total. The first-order valence-electron chi connectivity index (χ1n) is 3.30. The van der Waals surface area contributed by atoms with Crippen LogP contribution in [0, 0.1) is 0 Å². The van der Waals surface area contributed by atoms with Crippen molar-refractivity contribution in [2.24, 2.45) is 0 Å². The van der Waals surface area contributed by atoms with Gasteiger partial charge in [-0.15, -0.1) is 0 Å². The monoisotopic (exact) mass is 204 g/mol. The molecule has 0 unspecified atom stereocenters. The Balaban J connectivity index is 2.57. The normalized spacial score (nSPS) is 11.5. The fraction of sp³-hybridized carbons (Fsp3) is 0.500. The van der Waals surface area contributed by atoms with Crippen molar-refractivity contribution in [1.29, 1.82) is 0 Å².